The summed E-state index contributed by atoms with van der Waals surface area (Å²) in [5.41, 5.74) is 0.986. The lowest BCUT2D eigenvalue weighted by Gasteiger charge is -2.23. The van der Waals surface area contributed by atoms with Crippen LogP contribution in [0, 0.1) is 5.92 Å². The fourth-order valence-corrected chi connectivity index (χ4v) is 2.41. The molecule has 0 fully saturated rings. The van der Waals surface area contributed by atoms with Gasteiger partial charge in [0.05, 0.1) is 0 Å². The second-order valence-corrected chi connectivity index (χ2v) is 6.72. The molecule has 10 nitrogen and oxygen atoms in total. The molecule has 1 amide bonds. The van der Waals surface area contributed by atoms with Gasteiger partial charge in [0.1, 0.15) is 11.5 Å². The van der Waals surface area contributed by atoms with Crippen LogP contribution in [-0.2, 0) is 0 Å². The van der Waals surface area contributed by atoms with Crippen molar-refractivity contribution in [2.75, 3.05) is 11.9 Å². The van der Waals surface area contributed by atoms with E-state index in [0.717, 1.165) is 0 Å². The third kappa shape index (κ3) is 3.95. The highest BCUT2D eigenvalue weighted by Crippen LogP contribution is 2.11. The summed E-state index contributed by atoms with van der Waals surface area (Å²) < 4.78 is 3.12. The summed E-state index contributed by atoms with van der Waals surface area (Å²) in [6, 6.07) is 5.53. The first-order chi connectivity index (χ1) is 12.4. The molecule has 0 aliphatic heterocycles. The number of anilines is 1. The molecule has 0 aliphatic rings. The summed E-state index contributed by atoms with van der Waals surface area (Å²) in [7, 11) is 0. The maximum Gasteiger partial charge on any atom is 0.271 e. The molecule has 0 radical (unpaired) electrons. The standard InChI is InChI=1S/C16H23N9O/c1-10(2)13(18-14-5-6-15-19-22-23-25(15)21-14)9-17-16(26)12-7-8-24(20-12)11(3)4/h5-8,10-11,13H,9H2,1-4H3,(H,17,26)(H,18,21). The van der Waals surface area contributed by atoms with Crippen LogP contribution in [0.3, 0.4) is 0 Å². The highest BCUT2D eigenvalue weighted by Gasteiger charge is 2.17. The number of hydrogen-bond donors (Lipinski definition) is 2. The second-order valence-electron chi connectivity index (χ2n) is 6.72. The smallest absolute Gasteiger partial charge is 0.271 e. The minimum absolute atomic E-state index is 0.00688. The predicted molar refractivity (Wildman–Crippen MR) is 95.8 cm³/mol. The van der Waals surface area contributed by atoms with Crippen LogP contribution in [0.2, 0.25) is 0 Å². The monoisotopic (exact) mass is 357 g/mol. The molecule has 0 bridgehead atoms. The fourth-order valence-electron chi connectivity index (χ4n) is 2.41. The number of nitrogens with zero attached hydrogens (tertiary/aromatic N) is 7. The van der Waals surface area contributed by atoms with Gasteiger partial charge in [0, 0.05) is 24.8 Å². The Morgan fingerprint density at radius 2 is 1.96 bits per heavy atom. The Kier molecular flexibility index (Phi) is 5.10. The van der Waals surface area contributed by atoms with Crippen molar-refractivity contribution in [1.29, 1.82) is 0 Å². The maximum absolute atomic E-state index is 12.3. The molecule has 3 rings (SSSR count). The molecule has 0 spiro atoms. The van der Waals surface area contributed by atoms with Gasteiger partial charge >= 0.3 is 0 Å². The van der Waals surface area contributed by atoms with E-state index in [1.165, 1.54) is 4.63 Å². The van der Waals surface area contributed by atoms with Crippen molar-refractivity contribution in [2.45, 2.75) is 39.8 Å². The zero-order chi connectivity index (χ0) is 18.7. The van der Waals surface area contributed by atoms with Gasteiger partial charge in [0.15, 0.2) is 5.65 Å². The Morgan fingerprint density at radius 1 is 1.15 bits per heavy atom. The lowest BCUT2D eigenvalue weighted by molar-refractivity contribution is 0.0944. The molecule has 138 valence electrons. The molecule has 1 unspecified atom stereocenters. The highest BCUT2D eigenvalue weighted by atomic mass is 16.1. The third-order valence-corrected chi connectivity index (χ3v) is 4.06. The average molecular weight is 357 g/mol. The minimum Gasteiger partial charge on any atom is -0.364 e. The Labute approximate surface area is 151 Å². The van der Waals surface area contributed by atoms with Crippen LogP contribution in [0.15, 0.2) is 24.4 Å². The van der Waals surface area contributed by atoms with Gasteiger partial charge in [-0.1, -0.05) is 13.8 Å². The van der Waals surface area contributed by atoms with E-state index in [1.807, 2.05) is 26.1 Å². The Balaban J connectivity index is 1.63. The van der Waals surface area contributed by atoms with E-state index in [4.69, 9.17) is 0 Å². The van der Waals surface area contributed by atoms with Gasteiger partial charge in [-0.15, -0.1) is 14.8 Å². The van der Waals surface area contributed by atoms with E-state index >= 15 is 0 Å². The van der Waals surface area contributed by atoms with E-state index in [1.54, 1.807) is 16.8 Å². The quantitative estimate of drug-likeness (QED) is 0.652. The fraction of sp³-hybridized carbons (Fsp3) is 0.500. The van der Waals surface area contributed by atoms with Crippen LogP contribution < -0.4 is 10.6 Å². The lowest BCUT2D eigenvalue weighted by Crippen LogP contribution is -2.40. The molecule has 3 heterocycles. The summed E-state index contributed by atoms with van der Waals surface area (Å²) in [6.07, 6.45) is 1.81. The second kappa shape index (κ2) is 7.46. The van der Waals surface area contributed by atoms with Gasteiger partial charge in [-0.3, -0.25) is 9.48 Å². The summed E-state index contributed by atoms with van der Waals surface area (Å²) in [6.45, 7) is 8.63. The number of fused-ring (bicyclic) bond motifs is 1. The largest absolute Gasteiger partial charge is 0.364 e. The molecule has 2 N–H and O–H groups in total. The number of carbonyl (C=O) groups is 1. The van der Waals surface area contributed by atoms with Gasteiger partial charge < -0.3 is 10.6 Å². The van der Waals surface area contributed by atoms with Gasteiger partial charge in [0.25, 0.3) is 5.91 Å². The van der Waals surface area contributed by atoms with E-state index < -0.39 is 0 Å². The van der Waals surface area contributed by atoms with Crippen molar-refractivity contribution in [3.63, 3.8) is 0 Å². The Hall–Kier alpha value is -3.04. The zero-order valence-electron chi connectivity index (χ0n) is 15.3. The van der Waals surface area contributed by atoms with Gasteiger partial charge in [-0.25, -0.2) is 0 Å². The summed E-state index contributed by atoms with van der Waals surface area (Å²) in [4.78, 5) is 12.3. The van der Waals surface area contributed by atoms with Crippen molar-refractivity contribution in [3.8, 4) is 0 Å². The predicted octanol–water partition coefficient (Wildman–Crippen LogP) is 1.16. The van der Waals surface area contributed by atoms with E-state index in [0.29, 0.717) is 23.7 Å². The number of aromatic nitrogens is 7. The average Bonchev–Trinajstić information content (AvgIpc) is 3.26. The summed E-state index contributed by atoms with van der Waals surface area (Å²) in [5.74, 6) is 0.720. The van der Waals surface area contributed by atoms with Crippen LogP contribution in [0.5, 0.6) is 0 Å². The molecule has 0 saturated carbocycles. The van der Waals surface area contributed by atoms with Crippen molar-refractivity contribution in [2.24, 2.45) is 5.92 Å². The number of amides is 1. The summed E-state index contributed by atoms with van der Waals surface area (Å²) in [5, 5.41) is 26.0. The lowest BCUT2D eigenvalue weighted by atomic mass is 10.0. The van der Waals surface area contributed by atoms with Crippen molar-refractivity contribution in [3.05, 3.63) is 30.1 Å². The topological polar surface area (TPSA) is 115 Å². The van der Waals surface area contributed by atoms with E-state index in [-0.39, 0.29) is 23.9 Å². The first kappa shape index (κ1) is 17.8. The normalized spacial score (nSPS) is 12.7. The Morgan fingerprint density at radius 3 is 2.65 bits per heavy atom. The molecule has 10 heteroatoms. The van der Waals surface area contributed by atoms with Crippen LogP contribution in [0.4, 0.5) is 5.82 Å². The third-order valence-electron chi connectivity index (χ3n) is 4.06. The van der Waals surface area contributed by atoms with Gasteiger partial charge in [-0.05, 0) is 48.4 Å². The first-order valence-electron chi connectivity index (χ1n) is 8.59. The molecule has 0 saturated heterocycles. The molecule has 3 aromatic heterocycles. The molecule has 26 heavy (non-hydrogen) atoms. The van der Waals surface area contributed by atoms with Gasteiger partial charge in [0.2, 0.25) is 0 Å². The number of tetrazole rings is 1. The van der Waals surface area contributed by atoms with Crippen molar-refractivity contribution in [1.82, 2.24) is 40.4 Å². The van der Waals surface area contributed by atoms with Crippen molar-refractivity contribution >= 4 is 17.4 Å². The number of hydrogen-bond acceptors (Lipinski definition) is 7. The molecular weight excluding hydrogens is 334 g/mol. The van der Waals surface area contributed by atoms with Crippen LogP contribution in [-0.4, -0.2) is 53.5 Å². The zero-order valence-corrected chi connectivity index (χ0v) is 15.3. The first-order valence-corrected chi connectivity index (χ1v) is 8.59. The minimum atomic E-state index is -0.194. The van der Waals surface area contributed by atoms with Crippen LogP contribution in [0.25, 0.3) is 5.65 Å². The Bertz CT molecular complexity index is 883. The van der Waals surface area contributed by atoms with Crippen LogP contribution >= 0.6 is 0 Å². The summed E-state index contributed by atoms with van der Waals surface area (Å²) >= 11 is 0. The maximum atomic E-state index is 12.3. The van der Waals surface area contributed by atoms with Crippen molar-refractivity contribution < 1.29 is 4.79 Å². The molecule has 3 aromatic rings. The number of nitrogens with one attached hydrogen (secondary N) is 2. The van der Waals surface area contributed by atoms with E-state index in [2.05, 4.69) is 50.2 Å². The molecular formula is C16H23N9O. The molecule has 1 atom stereocenters. The van der Waals surface area contributed by atoms with E-state index in [9.17, 15) is 4.79 Å². The SMILES string of the molecule is CC(C)C(CNC(=O)c1ccn(C(C)C)n1)Nc1ccc2nnnn2n1. The number of carbonyl (C=O) groups excluding carboxylic acids is 1. The van der Waals surface area contributed by atoms with Crippen LogP contribution in [0.1, 0.15) is 44.2 Å². The number of rotatable bonds is 7. The molecule has 0 aromatic carbocycles. The van der Waals surface area contributed by atoms with Gasteiger partial charge in [-0.2, -0.15) is 5.10 Å². The molecule has 0 aliphatic carbocycles. The highest BCUT2D eigenvalue weighted by molar-refractivity contribution is 5.92.